The van der Waals surface area contributed by atoms with Gasteiger partial charge in [-0.1, -0.05) is 0 Å². The molecule has 2 rings (SSSR count). The zero-order valence-corrected chi connectivity index (χ0v) is 13.0. The van der Waals surface area contributed by atoms with E-state index in [1.165, 1.54) is 25.3 Å². The van der Waals surface area contributed by atoms with Gasteiger partial charge < -0.3 is 9.47 Å². The third-order valence-electron chi connectivity index (χ3n) is 3.47. The topological polar surface area (TPSA) is 38.8 Å². The maximum Gasteiger partial charge on any atom is 0.180 e. The predicted octanol–water partition coefficient (Wildman–Crippen LogP) is 2.52. The van der Waals surface area contributed by atoms with Crippen molar-refractivity contribution < 1.29 is 18.7 Å². The fourth-order valence-corrected chi connectivity index (χ4v) is 2.89. The maximum absolute atomic E-state index is 13.4. The van der Waals surface area contributed by atoms with Crippen LogP contribution in [-0.2, 0) is 4.74 Å². The van der Waals surface area contributed by atoms with Crippen LogP contribution in [0.4, 0.5) is 4.39 Å². The number of morpholine rings is 1. The lowest BCUT2D eigenvalue weighted by atomic mass is 10.0. The molecule has 116 valence electrons. The van der Waals surface area contributed by atoms with Crippen molar-refractivity contribution in [1.82, 2.24) is 4.90 Å². The molecule has 0 bridgehead atoms. The summed E-state index contributed by atoms with van der Waals surface area (Å²) in [4.78, 5) is 14.5. The number of hydrogen-bond acceptors (Lipinski definition) is 4. The summed E-state index contributed by atoms with van der Waals surface area (Å²) in [5.41, 5.74) is -0.00120. The molecule has 1 aliphatic heterocycles. The first-order valence-electron chi connectivity index (χ1n) is 7.07. The first-order valence-corrected chi connectivity index (χ1v) is 7.07. The van der Waals surface area contributed by atoms with Gasteiger partial charge in [0.15, 0.2) is 5.78 Å². The molecule has 1 fully saturated rings. The Morgan fingerprint density at radius 2 is 2.24 bits per heavy atom. The molecule has 1 unspecified atom stereocenters. The molecule has 1 aromatic carbocycles. The summed E-state index contributed by atoms with van der Waals surface area (Å²) < 4.78 is 24.3. The van der Waals surface area contributed by atoms with Gasteiger partial charge in [-0.25, -0.2) is 4.39 Å². The van der Waals surface area contributed by atoms with E-state index in [1.54, 1.807) is 0 Å². The summed E-state index contributed by atoms with van der Waals surface area (Å²) >= 11 is 0. The van der Waals surface area contributed by atoms with E-state index in [2.05, 4.69) is 0 Å². The average Bonchev–Trinajstić information content (AvgIpc) is 2.36. The van der Waals surface area contributed by atoms with Gasteiger partial charge in [-0.3, -0.25) is 9.69 Å². The summed E-state index contributed by atoms with van der Waals surface area (Å²) in [5, 5.41) is 0. The molecular formula is C16H22FNO3. The first-order chi connectivity index (χ1) is 9.80. The van der Waals surface area contributed by atoms with Gasteiger partial charge >= 0.3 is 0 Å². The monoisotopic (exact) mass is 295 g/mol. The van der Waals surface area contributed by atoms with E-state index in [-0.39, 0.29) is 29.6 Å². The molecule has 0 spiro atoms. The molecule has 0 aliphatic carbocycles. The third kappa shape index (κ3) is 4.02. The van der Waals surface area contributed by atoms with E-state index in [0.717, 1.165) is 0 Å². The van der Waals surface area contributed by atoms with Crippen molar-refractivity contribution in [2.45, 2.75) is 32.5 Å². The highest BCUT2D eigenvalue weighted by molar-refractivity contribution is 6.00. The highest BCUT2D eigenvalue weighted by atomic mass is 19.1. The lowest BCUT2D eigenvalue weighted by Crippen LogP contribution is -2.53. The molecule has 1 atom stereocenters. The third-order valence-corrected chi connectivity index (χ3v) is 3.47. The minimum absolute atomic E-state index is 0.0657. The number of methoxy groups -OCH3 is 1. The molecular weight excluding hydrogens is 273 g/mol. The summed E-state index contributed by atoms with van der Waals surface area (Å²) in [6.07, 6.45) is 0.0657. The van der Waals surface area contributed by atoms with E-state index in [4.69, 9.17) is 9.47 Å². The minimum Gasteiger partial charge on any atom is -0.496 e. The van der Waals surface area contributed by atoms with Gasteiger partial charge in [-0.15, -0.1) is 0 Å². The van der Waals surface area contributed by atoms with Crippen LogP contribution >= 0.6 is 0 Å². The number of halogens is 1. The summed E-state index contributed by atoms with van der Waals surface area (Å²) in [6, 6.07) is 4.00. The Balaban J connectivity index is 2.13. The minimum atomic E-state index is -0.435. The Labute approximate surface area is 124 Å². The zero-order chi connectivity index (χ0) is 15.6. The number of rotatable bonds is 4. The van der Waals surface area contributed by atoms with Crippen molar-refractivity contribution in [3.8, 4) is 5.75 Å². The van der Waals surface area contributed by atoms with Crippen molar-refractivity contribution in [2.75, 3.05) is 26.7 Å². The second-order valence-electron chi connectivity index (χ2n) is 6.13. The standard InChI is InChI=1S/C16H22FNO3/c1-11-8-18(10-16(2,3)21-11)9-14(19)13-7-12(17)5-6-15(13)20-4/h5-7,11H,8-10H2,1-4H3. The molecule has 4 nitrogen and oxygen atoms in total. The largest absolute Gasteiger partial charge is 0.496 e. The predicted molar refractivity (Wildman–Crippen MR) is 78.3 cm³/mol. The maximum atomic E-state index is 13.4. The van der Waals surface area contributed by atoms with Crippen LogP contribution in [0.3, 0.4) is 0 Å². The molecule has 5 heteroatoms. The second kappa shape index (κ2) is 6.12. The fraction of sp³-hybridized carbons (Fsp3) is 0.562. The summed E-state index contributed by atoms with van der Waals surface area (Å²) in [7, 11) is 1.48. The normalized spacial score (nSPS) is 22.0. The van der Waals surface area contributed by atoms with Crippen LogP contribution in [0.25, 0.3) is 0 Å². The number of Topliss-reactive ketones (excluding diaryl/α,β-unsaturated/α-hetero) is 1. The number of carbonyl (C=O) groups is 1. The van der Waals surface area contributed by atoms with Crippen molar-refractivity contribution in [3.05, 3.63) is 29.6 Å². The van der Waals surface area contributed by atoms with Crippen LogP contribution in [0.5, 0.6) is 5.75 Å². The highest BCUT2D eigenvalue weighted by Gasteiger charge is 2.32. The van der Waals surface area contributed by atoms with Crippen molar-refractivity contribution in [2.24, 2.45) is 0 Å². The van der Waals surface area contributed by atoms with Crippen molar-refractivity contribution >= 4 is 5.78 Å². The van der Waals surface area contributed by atoms with Crippen LogP contribution in [0.15, 0.2) is 18.2 Å². The number of ether oxygens (including phenoxy) is 2. The van der Waals surface area contributed by atoms with E-state index >= 15 is 0 Å². The van der Waals surface area contributed by atoms with Gasteiger partial charge in [0.25, 0.3) is 0 Å². The summed E-state index contributed by atoms with van der Waals surface area (Å²) in [5.74, 6) is -0.173. The lowest BCUT2D eigenvalue weighted by molar-refractivity contribution is -0.126. The van der Waals surface area contributed by atoms with Crippen molar-refractivity contribution in [3.63, 3.8) is 0 Å². The van der Waals surface area contributed by atoms with Gasteiger partial charge in [0.1, 0.15) is 11.6 Å². The van der Waals surface area contributed by atoms with E-state index in [0.29, 0.717) is 18.8 Å². The number of ketones is 1. The number of benzene rings is 1. The number of carbonyl (C=O) groups excluding carboxylic acids is 1. The quantitative estimate of drug-likeness (QED) is 0.800. The van der Waals surface area contributed by atoms with Crippen LogP contribution < -0.4 is 4.74 Å². The van der Waals surface area contributed by atoms with Gasteiger partial charge in [0, 0.05) is 13.1 Å². The van der Waals surface area contributed by atoms with Gasteiger partial charge in [-0.2, -0.15) is 0 Å². The Morgan fingerprint density at radius 1 is 1.52 bits per heavy atom. The highest BCUT2D eigenvalue weighted by Crippen LogP contribution is 2.23. The van der Waals surface area contributed by atoms with Crippen LogP contribution in [-0.4, -0.2) is 49.1 Å². The van der Waals surface area contributed by atoms with E-state index < -0.39 is 5.82 Å². The molecule has 1 saturated heterocycles. The lowest BCUT2D eigenvalue weighted by Gasteiger charge is -2.41. The Morgan fingerprint density at radius 3 is 2.86 bits per heavy atom. The van der Waals surface area contributed by atoms with E-state index in [1.807, 2.05) is 25.7 Å². The molecule has 0 N–H and O–H groups in total. The van der Waals surface area contributed by atoms with Crippen molar-refractivity contribution in [1.29, 1.82) is 0 Å². The Bertz CT molecular complexity index is 530. The van der Waals surface area contributed by atoms with Gasteiger partial charge in [0.2, 0.25) is 0 Å². The average molecular weight is 295 g/mol. The SMILES string of the molecule is COc1ccc(F)cc1C(=O)CN1CC(C)OC(C)(C)C1. The zero-order valence-electron chi connectivity index (χ0n) is 13.0. The van der Waals surface area contributed by atoms with Crippen LogP contribution in [0.1, 0.15) is 31.1 Å². The smallest absolute Gasteiger partial charge is 0.180 e. The summed E-state index contributed by atoms with van der Waals surface area (Å²) in [6.45, 7) is 7.58. The molecule has 21 heavy (non-hydrogen) atoms. The van der Waals surface area contributed by atoms with Gasteiger partial charge in [0.05, 0.1) is 30.9 Å². The van der Waals surface area contributed by atoms with Crippen LogP contribution in [0, 0.1) is 5.82 Å². The molecule has 1 heterocycles. The molecule has 0 saturated carbocycles. The Hall–Kier alpha value is -1.46. The second-order valence-corrected chi connectivity index (χ2v) is 6.13. The molecule has 0 amide bonds. The fourth-order valence-electron chi connectivity index (χ4n) is 2.89. The first kappa shape index (κ1) is 15.9. The number of nitrogens with zero attached hydrogens (tertiary/aromatic N) is 1. The van der Waals surface area contributed by atoms with E-state index in [9.17, 15) is 9.18 Å². The molecule has 0 aromatic heterocycles. The molecule has 1 aliphatic rings. The van der Waals surface area contributed by atoms with Crippen LogP contribution in [0.2, 0.25) is 0 Å². The Kier molecular flexibility index (Phi) is 4.64. The molecule has 1 aromatic rings. The molecule has 0 radical (unpaired) electrons. The van der Waals surface area contributed by atoms with Gasteiger partial charge in [-0.05, 0) is 39.0 Å². The number of hydrogen-bond donors (Lipinski definition) is 0.